The number of aliphatic carboxylic acids is 1. The van der Waals surface area contributed by atoms with Gasteiger partial charge in [-0.2, -0.15) is 0 Å². The van der Waals surface area contributed by atoms with Crippen LogP contribution in [0.4, 0.5) is 0 Å². The van der Waals surface area contributed by atoms with Gasteiger partial charge in [-0.25, -0.2) is 0 Å². The Morgan fingerprint density at radius 3 is 2.45 bits per heavy atom. The summed E-state index contributed by atoms with van der Waals surface area (Å²) in [5.41, 5.74) is 1.45. The van der Waals surface area contributed by atoms with E-state index in [-0.39, 0.29) is 6.42 Å². The van der Waals surface area contributed by atoms with E-state index in [0.717, 1.165) is 10.2 Å². The van der Waals surface area contributed by atoms with Crippen LogP contribution in [0.15, 0.2) is 52.0 Å². The van der Waals surface area contributed by atoms with Crippen LogP contribution in [0.2, 0.25) is 0 Å². The summed E-state index contributed by atoms with van der Waals surface area (Å²) in [5.74, 6) is -0.538. The Bertz CT molecular complexity index is 626. The van der Waals surface area contributed by atoms with E-state index in [2.05, 4.69) is 20.9 Å². The smallest absolute Gasteiger partial charge is 0.307 e. The second kappa shape index (κ2) is 6.76. The molecule has 1 unspecified atom stereocenters. The first-order chi connectivity index (χ1) is 9.54. The molecule has 0 saturated carbocycles. The molecule has 4 nitrogen and oxygen atoms in total. The molecule has 0 aliphatic rings. The number of carboxylic acid groups (broad SMARTS) is 1. The molecule has 2 aromatic rings. The van der Waals surface area contributed by atoms with Crippen molar-refractivity contribution in [2.24, 2.45) is 0 Å². The number of carboxylic acids is 1. The van der Waals surface area contributed by atoms with Gasteiger partial charge in [0.25, 0.3) is 0 Å². The normalized spacial score (nSPS) is 12.1. The summed E-state index contributed by atoms with van der Waals surface area (Å²) in [6, 6.07) is 10.5. The van der Waals surface area contributed by atoms with Gasteiger partial charge in [-0.15, -0.1) is 0 Å². The first-order valence-electron chi connectivity index (χ1n) is 5.84. The molecule has 0 fully saturated rings. The Kier molecular flexibility index (Phi) is 5.03. The summed E-state index contributed by atoms with van der Waals surface area (Å²) in [7, 11) is -1.19. The van der Waals surface area contributed by atoms with Crippen LogP contribution in [0.1, 0.15) is 11.3 Å². The third-order valence-corrected chi connectivity index (χ3v) is 4.43. The molecule has 1 aromatic carbocycles. The molecule has 6 heteroatoms. The molecule has 0 radical (unpaired) electrons. The lowest BCUT2D eigenvalue weighted by Gasteiger charge is -2.03. The highest BCUT2D eigenvalue weighted by atomic mass is 79.9. The van der Waals surface area contributed by atoms with Crippen molar-refractivity contribution in [1.29, 1.82) is 0 Å². The number of pyridine rings is 1. The molecule has 20 heavy (non-hydrogen) atoms. The third kappa shape index (κ3) is 4.25. The van der Waals surface area contributed by atoms with E-state index >= 15 is 0 Å². The van der Waals surface area contributed by atoms with E-state index in [0.29, 0.717) is 16.2 Å². The summed E-state index contributed by atoms with van der Waals surface area (Å²) < 4.78 is 13.1. The minimum Gasteiger partial charge on any atom is -0.481 e. The number of nitrogens with zero attached hydrogens (tertiary/aromatic N) is 1. The van der Waals surface area contributed by atoms with E-state index in [1.165, 1.54) is 0 Å². The lowest BCUT2D eigenvalue weighted by atomic mass is 10.2. The monoisotopic (exact) mass is 353 g/mol. The minimum atomic E-state index is -1.19. The maximum atomic E-state index is 12.2. The standard InChI is InChI=1S/C14H12BrNO3S/c15-11-3-4-12(16-8-11)9-20(19)13-5-1-10(2-6-13)7-14(17)18/h1-6,8H,7,9H2,(H,17,18). The van der Waals surface area contributed by atoms with Crippen LogP contribution in [-0.2, 0) is 27.8 Å². The van der Waals surface area contributed by atoms with Gasteiger partial charge in [-0.1, -0.05) is 12.1 Å². The van der Waals surface area contributed by atoms with Gasteiger partial charge in [0.1, 0.15) is 0 Å². The molecular formula is C14H12BrNO3S. The molecule has 0 saturated heterocycles. The van der Waals surface area contributed by atoms with E-state index in [4.69, 9.17) is 5.11 Å². The van der Waals surface area contributed by atoms with Crippen LogP contribution in [0, 0.1) is 0 Å². The second-order valence-corrected chi connectivity index (χ2v) is 6.54. The summed E-state index contributed by atoms with van der Waals surface area (Å²) in [6.45, 7) is 0. The van der Waals surface area contributed by atoms with E-state index in [1.807, 2.05) is 12.1 Å². The quantitative estimate of drug-likeness (QED) is 0.897. The van der Waals surface area contributed by atoms with Crippen molar-refractivity contribution in [2.45, 2.75) is 17.1 Å². The first-order valence-corrected chi connectivity index (χ1v) is 7.95. The Morgan fingerprint density at radius 2 is 1.90 bits per heavy atom. The van der Waals surface area contributed by atoms with Crippen LogP contribution < -0.4 is 0 Å². The van der Waals surface area contributed by atoms with E-state index in [1.54, 1.807) is 30.5 Å². The first kappa shape index (κ1) is 14.9. The fourth-order valence-corrected chi connectivity index (χ4v) is 2.92. The number of benzene rings is 1. The highest BCUT2D eigenvalue weighted by molar-refractivity contribution is 9.10. The fourth-order valence-electron chi connectivity index (χ4n) is 1.64. The topological polar surface area (TPSA) is 67.3 Å². The second-order valence-electron chi connectivity index (χ2n) is 4.17. The zero-order chi connectivity index (χ0) is 14.5. The number of carbonyl (C=O) groups is 1. The van der Waals surface area contributed by atoms with Crippen molar-refractivity contribution < 1.29 is 14.1 Å². The number of hydrogen-bond acceptors (Lipinski definition) is 3. The van der Waals surface area contributed by atoms with Gasteiger partial charge in [0.05, 0.1) is 28.7 Å². The van der Waals surface area contributed by atoms with Crippen LogP contribution in [-0.4, -0.2) is 20.3 Å². The minimum absolute atomic E-state index is 0.0266. The van der Waals surface area contributed by atoms with Gasteiger partial charge in [0.15, 0.2) is 0 Å². The Morgan fingerprint density at radius 1 is 1.20 bits per heavy atom. The van der Waals surface area contributed by atoms with Gasteiger partial charge in [0.2, 0.25) is 0 Å². The molecule has 1 N–H and O–H groups in total. The SMILES string of the molecule is O=C(O)Cc1ccc(S(=O)Cc2ccc(Br)cn2)cc1. The summed E-state index contributed by atoms with van der Waals surface area (Å²) >= 11 is 3.30. The molecule has 1 aromatic heterocycles. The van der Waals surface area contributed by atoms with Gasteiger partial charge in [0, 0.05) is 15.6 Å². The zero-order valence-electron chi connectivity index (χ0n) is 10.5. The van der Waals surface area contributed by atoms with E-state index < -0.39 is 16.8 Å². The average molecular weight is 354 g/mol. The molecule has 0 bridgehead atoms. The molecular weight excluding hydrogens is 342 g/mol. The van der Waals surface area contributed by atoms with Crippen LogP contribution in [0.25, 0.3) is 0 Å². The van der Waals surface area contributed by atoms with Crippen molar-refractivity contribution >= 4 is 32.7 Å². The Balaban J connectivity index is 2.05. The molecule has 1 heterocycles. The van der Waals surface area contributed by atoms with Gasteiger partial charge < -0.3 is 5.11 Å². The largest absolute Gasteiger partial charge is 0.481 e. The number of hydrogen-bond donors (Lipinski definition) is 1. The van der Waals surface area contributed by atoms with Crippen LogP contribution in [0.3, 0.4) is 0 Å². The van der Waals surface area contributed by atoms with Crippen molar-refractivity contribution in [2.75, 3.05) is 0 Å². The van der Waals surface area contributed by atoms with Crippen molar-refractivity contribution in [3.05, 3.63) is 58.3 Å². The highest BCUT2D eigenvalue weighted by Gasteiger charge is 2.07. The number of rotatable bonds is 5. The van der Waals surface area contributed by atoms with E-state index in [9.17, 15) is 9.00 Å². The molecule has 0 aliphatic carbocycles. The summed E-state index contributed by atoms with van der Waals surface area (Å²) in [4.78, 5) is 15.4. The van der Waals surface area contributed by atoms with Crippen molar-refractivity contribution in [3.8, 4) is 0 Å². The van der Waals surface area contributed by atoms with Crippen LogP contribution >= 0.6 is 15.9 Å². The zero-order valence-corrected chi connectivity index (χ0v) is 12.9. The maximum Gasteiger partial charge on any atom is 0.307 e. The Hall–Kier alpha value is -1.53. The highest BCUT2D eigenvalue weighted by Crippen LogP contribution is 2.14. The Labute approximate surface area is 127 Å². The molecule has 0 spiro atoms. The van der Waals surface area contributed by atoms with Crippen LogP contribution in [0.5, 0.6) is 0 Å². The van der Waals surface area contributed by atoms with Gasteiger partial charge >= 0.3 is 5.97 Å². The summed E-state index contributed by atoms with van der Waals surface area (Å²) in [5, 5.41) is 8.69. The lowest BCUT2D eigenvalue weighted by Crippen LogP contribution is -2.01. The van der Waals surface area contributed by atoms with Crippen molar-refractivity contribution in [3.63, 3.8) is 0 Å². The number of halogens is 1. The van der Waals surface area contributed by atoms with Crippen molar-refractivity contribution in [1.82, 2.24) is 4.98 Å². The van der Waals surface area contributed by atoms with Gasteiger partial charge in [-0.3, -0.25) is 14.0 Å². The molecule has 104 valence electrons. The lowest BCUT2D eigenvalue weighted by molar-refractivity contribution is -0.136. The number of aromatic nitrogens is 1. The average Bonchev–Trinajstić information content (AvgIpc) is 2.41. The fraction of sp³-hybridized carbons (Fsp3) is 0.143. The predicted octanol–water partition coefficient (Wildman–Crippen LogP) is 2.78. The molecule has 1 atom stereocenters. The molecule has 2 rings (SSSR count). The molecule has 0 aliphatic heterocycles. The predicted molar refractivity (Wildman–Crippen MR) is 79.8 cm³/mol. The molecule has 0 amide bonds. The summed E-state index contributed by atoms with van der Waals surface area (Å²) in [6.07, 6.45) is 1.64. The maximum absolute atomic E-state index is 12.2. The van der Waals surface area contributed by atoms with Gasteiger partial charge in [-0.05, 0) is 45.8 Å². The third-order valence-electron chi connectivity index (χ3n) is 2.61.